The van der Waals surface area contributed by atoms with Gasteiger partial charge in [-0.2, -0.15) is 5.10 Å². The second kappa shape index (κ2) is 3.44. The van der Waals surface area contributed by atoms with E-state index in [-0.39, 0.29) is 0 Å². The molecule has 0 unspecified atom stereocenters. The van der Waals surface area contributed by atoms with Gasteiger partial charge in [-0.25, -0.2) is 0 Å². The molecule has 0 N–H and O–H groups in total. The summed E-state index contributed by atoms with van der Waals surface area (Å²) >= 11 is 0. The van der Waals surface area contributed by atoms with Crippen LogP contribution in [0, 0.1) is 0 Å². The third-order valence-electron chi connectivity index (χ3n) is 2.83. The molecule has 0 aromatic carbocycles. The van der Waals surface area contributed by atoms with Crippen molar-refractivity contribution in [2.24, 2.45) is 5.10 Å². The fourth-order valence-corrected chi connectivity index (χ4v) is 1.98. The van der Waals surface area contributed by atoms with E-state index in [1.165, 1.54) is 25.9 Å². The van der Waals surface area contributed by atoms with Gasteiger partial charge in [0.2, 0.25) is 0 Å². The summed E-state index contributed by atoms with van der Waals surface area (Å²) in [6, 6.07) is 0.722. The molecule has 2 aliphatic heterocycles. The van der Waals surface area contributed by atoms with Gasteiger partial charge in [-0.1, -0.05) is 0 Å². The van der Waals surface area contributed by atoms with Crippen molar-refractivity contribution < 1.29 is 0 Å². The first-order valence-electron chi connectivity index (χ1n) is 4.84. The molecule has 1 saturated heterocycles. The molecule has 0 spiro atoms. The lowest BCUT2D eigenvalue weighted by atomic mass is 10.1. The molecule has 0 saturated carbocycles. The standard InChI is InChI=1S/C9H17N3/c1-11-7-3-9(4-8-11)12-6-2-5-10-12/h5,9H,2-4,6-8H2,1H3. The molecular weight excluding hydrogens is 150 g/mol. The Morgan fingerprint density at radius 2 is 2.00 bits per heavy atom. The van der Waals surface area contributed by atoms with Crippen LogP contribution in [-0.2, 0) is 0 Å². The Balaban J connectivity index is 1.84. The molecule has 0 aliphatic carbocycles. The summed E-state index contributed by atoms with van der Waals surface area (Å²) in [5.74, 6) is 0. The van der Waals surface area contributed by atoms with Gasteiger partial charge in [0.15, 0.2) is 0 Å². The summed E-state index contributed by atoms with van der Waals surface area (Å²) in [6.45, 7) is 3.61. The van der Waals surface area contributed by atoms with Gasteiger partial charge in [0, 0.05) is 25.2 Å². The van der Waals surface area contributed by atoms with Gasteiger partial charge in [-0.3, -0.25) is 5.01 Å². The quantitative estimate of drug-likeness (QED) is 0.574. The second-order valence-electron chi connectivity index (χ2n) is 3.78. The van der Waals surface area contributed by atoms with E-state index in [0.29, 0.717) is 0 Å². The first-order chi connectivity index (χ1) is 5.86. The van der Waals surface area contributed by atoms with Crippen LogP contribution < -0.4 is 0 Å². The van der Waals surface area contributed by atoms with E-state index in [0.717, 1.165) is 19.0 Å². The van der Waals surface area contributed by atoms with Crippen molar-refractivity contribution in [3.05, 3.63) is 0 Å². The van der Waals surface area contributed by atoms with Gasteiger partial charge in [0.1, 0.15) is 0 Å². The minimum absolute atomic E-state index is 0.722. The number of hydrazone groups is 1. The zero-order chi connectivity index (χ0) is 8.39. The van der Waals surface area contributed by atoms with Gasteiger partial charge >= 0.3 is 0 Å². The normalized spacial score (nSPS) is 26.9. The lowest BCUT2D eigenvalue weighted by molar-refractivity contribution is 0.135. The van der Waals surface area contributed by atoms with Crippen LogP contribution in [0.25, 0.3) is 0 Å². The van der Waals surface area contributed by atoms with Crippen LogP contribution in [0.4, 0.5) is 0 Å². The molecule has 0 amide bonds. The minimum Gasteiger partial charge on any atom is -0.306 e. The maximum Gasteiger partial charge on any atom is 0.0495 e. The molecule has 0 bridgehead atoms. The summed E-state index contributed by atoms with van der Waals surface area (Å²) in [7, 11) is 2.20. The summed E-state index contributed by atoms with van der Waals surface area (Å²) in [5, 5.41) is 6.65. The van der Waals surface area contributed by atoms with Gasteiger partial charge in [-0.05, 0) is 33.0 Å². The molecule has 1 fully saturated rings. The highest BCUT2D eigenvalue weighted by Crippen LogP contribution is 2.17. The van der Waals surface area contributed by atoms with E-state index >= 15 is 0 Å². The number of likely N-dealkylation sites (tertiary alicyclic amines) is 1. The minimum atomic E-state index is 0.722. The van der Waals surface area contributed by atoms with Crippen LogP contribution >= 0.6 is 0 Å². The van der Waals surface area contributed by atoms with Crippen molar-refractivity contribution in [2.75, 3.05) is 26.7 Å². The largest absolute Gasteiger partial charge is 0.306 e. The molecule has 2 heterocycles. The van der Waals surface area contributed by atoms with Crippen LogP contribution in [-0.4, -0.2) is 48.8 Å². The lowest BCUT2D eigenvalue weighted by Crippen LogP contribution is -2.40. The summed E-state index contributed by atoms with van der Waals surface area (Å²) in [4.78, 5) is 2.40. The molecule has 2 rings (SSSR count). The monoisotopic (exact) mass is 167 g/mol. The number of piperidine rings is 1. The van der Waals surface area contributed by atoms with Crippen molar-refractivity contribution in [3.63, 3.8) is 0 Å². The van der Waals surface area contributed by atoms with Gasteiger partial charge < -0.3 is 4.90 Å². The lowest BCUT2D eigenvalue weighted by Gasteiger charge is -2.33. The summed E-state index contributed by atoms with van der Waals surface area (Å²) in [5.41, 5.74) is 0. The highest BCUT2D eigenvalue weighted by atomic mass is 15.5. The second-order valence-corrected chi connectivity index (χ2v) is 3.78. The molecule has 12 heavy (non-hydrogen) atoms. The van der Waals surface area contributed by atoms with E-state index in [1.807, 2.05) is 6.21 Å². The first kappa shape index (κ1) is 8.05. The molecular formula is C9H17N3. The highest BCUT2D eigenvalue weighted by molar-refractivity contribution is 5.58. The number of hydrogen-bond acceptors (Lipinski definition) is 3. The molecule has 3 heteroatoms. The predicted molar refractivity (Wildman–Crippen MR) is 50.3 cm³/mol. The maximum absolute atomic E-state index is 4.37. The van der Waals surface area contributed by atoms with Crippen LogP contribution in [0.5, 0.6) is 0 Å². The Hall–Kier alpha value is -0.570. The van der Waals surface area contributed by atoms with Crippen molar-refractivity contribution in [3.8, 4) is 0 Å². The first-order valence-corrected chi connectivity index (χ1v) is 4.84. The fourth-order valence-electron chi connectivity index (χ4n) is 1.98. The van der Waals surface area contributed by atoms with Gasteiger partial charge in [0.25, 0.3) is 0 Å². The Morgan fingerprint density at radius 1 is 1.25 bits per heavy atom. The van der Waals surface area contributed by atoms with Crippen LogP contribution in [0.2, 0.25) is 0 Å². The molecule has 0 aromatic rings. The Labute approximate surface area is 74.0 Å². The Morgan fingerprint density at radius 3 is 2.58 bits per heavy atom. The highest BCUT2D eigenvalue weighted by Gasteiger charge is 2.22. The molecule has 0 atom stereocenters. The zero-order valence-electron chi connectivity index (χ0n) is 7.74. The van der Waals surface area contributed by atoms with Gasteiger partial charge in [0.05, 0.1) is 0 Å². The van der Waals surface area contributed by atoms with Crippen molar-refractivity contribution in [2.45, 2.75) is 25.3 Å². The Kier molecular flexibility index (Phi) is 2.30. The van der Waals surface area contributed by atoms with Crippen LogP contribution in [0.15, 0.2) is 5.10 Å². The molecule has 2 aliphatic rings. The smallest absolute Gasteiger partial charge is 0.0495 e. The third-order valence-corrected chi connectivity index (χ3v) is 2.83. The average Bonchev–Trinajstić information content (AvgIpc) is 2.58. The van der Waals surface area contributed by atoms with Crippen molar-refractivity contribution in [1.82, 2.24) is 9.91 Å². The number of nitrogens with zero attached hydrogens (tertiary/aromatic N) is 3. The Bertz CT molecular complexity index is 171. The zero-order valence-corrected chi connectivity index (χ0v) is 7.74. The third kappa shape index (κ3) is 1.61. The van der Waals surface area contributed by atoms with Gasteiger partial charge in [-0.15, -0.1) is 0 Å². The van der Waals surface area contributed by atoms with Crippen molar-refractivity contribution >= 4 is 6.21 Å². The van der Waals surface area contributed by atoms with E-state index in [9.17, 15) is 0 Å². The number of rotatable bonds is 1. The molecule has 3 nitrogen and oxygen atoms in total. The van der Waals surface area contributed by atoms with Crippen molar-refractivity contribution in [1.29, 1.82) is 0 Å². The van der Waals surface area contributed by atoms with E-state index in [2.05, 4.69) is 22.1 Å². The fraction of sp³-hybridized carbons (Fsp3) is 0.889. The maximum atomic E-state index is 4.37. The summed E-state index contributed by atoms with van der Waals surface area (Å²) in [6.07, 6.45) is 5.76. The average molecular weight is 167 g/mol. The van der Waals surface area contributed by atoms with Crippen LogP contribution in [0.1, 0.15) is 19.3 Å². The van der Waals surface area contributed by atoms with E-state index in [1.54, 1.807) is 0 Å². The molecule has 0 radical (unpaired) electrons. The molecule has 0 aromatic heterocycles. The molecule has 68 valence electrons. The number of hydrogen-bond donors (Lipinski definition) is 0. The van der Waals surface area contributed by atoms with Crippen LogP contribution in [0.3, 0.4) is 0 Å². The SMILES string of the molecule is CN1CCC(N2CCC=N2)CC1. The van der Waals surface area contributed by atoms with E-state index in [4.69, 9.17) is 0 Å². The predicted octanol–water partition coefficient (Wildman–Crippen LogP) is 0.772. The van der Waals surface area contributed by atoms with E-state index < -0.39 is 0 Å². The summed E-state index contributed by atoms with van der Waals surface area (Å²) < 4.78 is 0. The topological polar surface area (TPSA) is 18.8 Å².